The van der Waals surface area contributed by atoms with Crippen molar-refractivity contribution in [3.8, 4) is 5.75 Å². The number of likely N-dealkylation sites (tertiary alicyclic amines) is 1. The number of anilines is 1. The van der Waals surface area contributed by atoms with Gasteiger partial charge in [-0.25, -0.2) is 9.37 Å². The molecule has 0 saturated carbocycles. The lowest BCUT2D eigenvalue weighted by Crippen LogP contribution is -2.42. The average molecular weight is 493 g/mol. The van der Waals surface area contributed by atoms with Gasteiger partial charge in [0.05, 0.1) is 37.5 Å². The van der Waals surface area contributed by atoms with Crippen LogP contribution in [0.5, 0.6) is 5.75 Å². The second kappa shape index (κ2) is 10.5. The summed E-state index contributed by atoms with van der Waals surface area (Å²) < 4.78 is 26.8. The fraction of sp³-hybridized carbons (Fsp3) is 0.370. The maximum absolute atomic E-state index is 13.2. The van der Waals surface area contributed by atoms with Gasteiger partial charge in [-0.15, -0.1) is 0 Å². The van der Waals surface area contributed by atoms with Gasteiger partial charge < -0.3 is 24.3 Å². The molecule has 9 heteroatoms. The number of hydrogen-bond acceptors (Lipinski definition) is 5. The van der Waals surface area contributed by atoms with E-state index in [1.807, 2.05) is 35.8 Å². The Hall–Kier alpha value is -3.72. The Bertz CT molecular complexity index is 1230. The standard InChI is InChI=1S/C27H29FN4O4/c1-2-35-23-6-4-3-5-21(23)30-26(33)19-11-13-31(14-12-19)27(34)25-22-16-36-24(15-32(22)17-29-25)18-7-9-20(28)10-8-18/h3-10,17,19,24H,2,11-16H2,1H3,(H,30,33)/t24-/m0/s1. The molecule has 1 fully saturated rings. The van der Waals surface area contributed by atoms with Crippen LogP contribution in [-0.4, -0.2) is 46.0 Å². The van der Waals surface area contributed by atoms with E-state index in [2.05, 4.69) is 10.3 Å². The molecule has 5 rings (SSSR count). The number of ether oxygens (including phenoxy) is 2. The summed E-state index contributed by atoms with van der Waals surface area (Å²) in [7, 11) is 0. The maximum Gasteiger partial charge on any atom is 0.274 e. The van der Waals surface area contributed by atoms with Crippen molar-refractivity contribution in [3.63, 3.8) is 0 Å². The molecule has 1 aromatic heterocycles. The van der Waals surface area contributed by atoms with E-state index in [0.29, 0.717) is 56.2 Å². The van der Waals surface area contributed by atoms with Gasteiger partial charge in [-0.3, -0.25) is 9.59 Å². The van der Waals surface area contributed by atoms with Crippen LogP contribution in [0.4, 0.5) is 10.1 Å². The van der Waals surface area contributed by atoms with Crippen LogP contribution in [0.15, 0.2) is 54.9 Å². The zero-order valence-electron chi connectivity index (χ0n) is 20.2. The first-order chi connectivity index (χ1) is 17.5. The van der Waals surface area contributed by atoms with Crippen LogP contribution in [0.3, 0.4) is 0 Å². The van der Waals surface area contributed by atoms with Gasteiger partial charge in [0.1, 0.15) is 17.7 Å². The highest BCUT2D eigenvalue weighted by Gasteiger charge is 2.32. The summed E-state index contributed by atoms with van der Waals surface area (Å²) in [6.45, 7) is 4.14. The number of carbonyl (C=O) groups excluding carboxylic acids is 2. The van der Waals surface area contributed by atoms with Gasteiger partial charge in [0.25, 0.3) is 5.91 Å². The molecule has 0 bridgehead atoms. The van der Waals surface area contributed by atoms with E-state index in [-0.39, 0.29) is 36.3 Å². The van der Waals surface area contributed by atoms with E-state index in [9.17, 15) is 14.0 Å². The molecule has 0 aliphatic carbocycles. The summed E-state index contributed by atoms with van der Waals surface area (Å²) in [4.78, 5) is 32.3. The van der Waals surface area contributed by atoms with Crippen molar-refractivity contribution in [3.05, 3.63) is 77.6 Å². The summed E-state index contributed by atoms with van der Waals surface area (Å²) >= 11 is 0. The molecule has 0 unspecified atom stereocenters. The third-order valence-electron chi connectivity index (χ3n) is 6.77. The van der Waals surface area contributed by atoms with Gasteiger partial charge in [-0.2, -0.15) is 0 Å². The van der Waals surface area contributed by atoms with E-state index in [1.54, 1.807) is 23.4 Å². The molecule has 2 amide bonds. The Morgan fingerprint density at radius 1 is 1.14 bits per heavy atom. The molecule has 2 aliphatic rings. The van der Waals surface area contributed by atoms with Crippen LogP contribution in [0.25, 0.3) is 0 Å². The summed E-state index contributed by atoms with van der Waals surface area (Å²) in [6, 6.07) is 13.6. The van der Waals surface area contributed by atoms with Gasteiger partial charge in [0.2, 0.25) is 5.91 Å². The number of para-hydroxylation sites is 2. The van der Waals surface area contributed by atoms with Gasteiger partial charge in [0.15, 0.2) is 5.69 Å². The largest absolute Gasteiger partial charge is 0.492 e. The molecule has 0 spiro atoms. The number of nitrogens with one attached hydrogen (secondary N) is 1. The van der Waals surface area contributed by atoms with Crippen molar-refractivity contribution in [2.24, 2.45) is 5.92 Å². The van der Waals surface area contributed by atoms with Crippen LogP contribution in [0.1, 0.15) is 47.6 Å². The molecule has 36 heavy (non-hydrogen) atoms. The number of amides is 2. The van der Waals surface area contributed by atoms with Crippen LogP contribution >= 0.6 is 0 Å². The molecular formula is C27H29FN4O4. The van der Waals surface area contributed by atoms with Gasteiger partial charge >= 0.3 is 0 Å². The SMILES string of the molecule is CCOc1ccccc1NC(=O)C1CCN(C(=O)c2ncn3c2CO[C@H](c2ccc(F)cc2)C3)CC1. The van der Waals surface area contributed by atoms with Crippen molar-refractivity contribution >= 4 is 17.5 Å². The van der Waals surface area contributed by atoms with Crippen molar-refractivity contribution < 1.29 is 23.5 Å². The third-order valence-corrected chi connectivity index (χ3v) is 6.77. The summed E-state index contributed by atoms with van der Waals surface area (Å²) in [6.07, 6.45) is 2.59. The zero-order chi connectivity index (χ0) is 25.1. The molecule has 1 saturated heterocycles. The van der Waals surface area contributed by atoms with Gasteiger partial charge in [-0.1, -0.05) is 24.3 Å². The Morgan fingerprint density at radius 2 is 1.89 bits per heavy atom. The second-order valence-corrected chi connectivity index (χ2v) is 9.03. The molecule has 188 valence electrons. The number of piperidine rings is 1. The van der Waals surface area contributed by atoms with Crippen molar-refractivity contribution in [2.75, 3.05) is 25.0 Å². The highest BCUT2D eigenvalue weighted by Crippen LogP contribution is 2.30. The smallest absolute Gasteiger partial charge is 0.274 e. The van der Waals surface area contributed by atoms with Crippen LogP contribution in [0, 0.1) is 11.7 Å². The number of carbonyl (C=O) groups is 2. The molecule has 3 heterocycles. The fourth-order valence-electron chi connectivity index (χ4n) is 4.77. The quantitative estimate of drug-likeness (QED) is 0.558. The molecule has 2 aromatic carbocycles. The Balaban J connectivity index is 1.18. The molecule has 2 aliphatic heterocycles. The number of imidazole rings is 1. The van der Waals surface area contributed by atoms with Crippen molar-refractivity contribution in [2.45, 2.75) is 39.0 Å². The Labute approximate surface area is 209 Å². The van der Waals surface area contributed by atoms with Crippen molar-refractivity contribution in [1.29, 1.82) is 0 Å². The average Bonchev–Trinajstić information content (AvgIpc) is 3.33. The highest BCUT2D eigenvalue weighted by molar-refractivity contribution is 5.95. The first kappa shape index (κ1) is 24.0. The lowest BCUT2D eigenvalue weighted by molar-refractivity contribution is -0.121. The Kier molecular flexibility index (Phi) is 6.99. The first-order valence-corrected chi connectivity index (χ1v) is 12.3. The highest BCUT2D eigenvalue weighted by atomic mass is 19.1. The maximum atomic E-state index is 13.2. The van der Waals surface area contributed by atoms with E-state index < -0.39 is 0 Å². The third kappa shape index (κ3) is 4.97. The van der Waals surface area contributed by atoms with Crippen molar-refractivity contribution in [1.82, 2.24) is 14.5 Å². The van der Waals surface area contributed by atoms with Gasteiger partial charge in [0, 0.05) is 19.0 Å². The summed E-state index contributed by atoms with van der Waals surface area (Å²) in [5, 5.41) is 2.98. The van der Waals surface area contributed by atoms with E-state index >= 15 is 0 Å². The summed E-state index contributed by atoms with van der Waals surface area (Å²) in [5.41, 5.74) is 2.67. The predicted molar refractivity (Wildman–Crippen MR) is 131 cm³/mol. The number of hydrogen-bond donors (Lipinski definition) is 1. The topological polar surface area (TPSA) is 85.7 Å². The fourth-order valence-corrected chi connectivity index (χ4v) is 4.77. The van der Waals surface area contributed by atoms with E-state index in [4.69, 9.17) is 9.47 Å². The Morgan fingerprint density at radius 3 is 2.64 bits per heavy atom. The molecule has 3 aromatic rings. The summed E-state index contributed by atoms with van der Waals surface area (Å²) in [5.74, 6) is -0.0295. The normalized spacial score (nSPS) is 17.9. The molecule has 0 radical (unpaired) electrons. The van der Waals surface area contributed by atoms with E-state index in [0.717, 1.165) is 11.3 Å². The lowest BCUT2D eigenvalue weighted by atomic mass is 9.95. The van der Waals surface area contributed by atoms with Gasteiger partial charge in [-0.05, 0) is 49.6 Å². The number of halogens is 1. The second-order valence-electron chi connectivity index (χ2n) is 9.03. The first-order valence-electron chi connectivity index (χ1n) is 12.3. The number of rotatable bonds is 6. The predicted octanol–water partition coefficient (Wildman–Crippen LogP) is 4.18. The number of aromatic nitrogens is 2. The molecule has 8 nitrogen and oxygen atoms in total. The monoisotopic (exact) mass is 492 g/mol. The number of fused-ring (bicyclic) bond motifs is 1. The molecule has 1 N–H and O–H groups in total. The van der Waals surface area contributed by atoms with Crippen LogP contribution < -0.4 is 10.1 Å². The van der Waals surface area contributed by atoms with E-state index in [1.165, 1.54) is 12.1 Å². The minimum atomic E-state index is -0.290. The zero-order valence-corrected chi connectivity index (χ0v) is 20.2. The molecule has 1 atom stereocenters. The molecular weight excluding hydrogens is 463 g/mol. The number of benzene rings is 2. The lowest BCUT2D eigenvalue weighted by Gasteiger charge is -2.31. The minimum Gasteiger partial charge on any atom is -0.492 e. The number of nitrogens with zero attached hydrogens (tertiary/aromatic N) is 3. The van der Waals surface area contributed by atoms with Crippen LogP contribution in [-0.2, 0) is 22.7 Å². The minimum absolute atomic E-state index is 0.0612. The van der Waals surface area contributed by atoms with Crippen LogP contribution in [0.2, 0.25) is 0 Å².